The zero-order valence-electron chi connectivity index (χ0n) is 19.2. The van der Waals surface area contributed by atoms with Crippen LogP contribution in [0.2, 0.25) is 0 Å². The molecule has 170 valence electrons. The third-order valence-corrected chi connectivity index (χ3v) is 6.78. The maximum absolute atomic E-state index is 11.8. The van der Waals surface area contributed by atoms with Gasteiger partial charge in [-0.1, -0.05) is 42.5 Å². The van der Waals surface area contributed by atoms with Gasteiger partial charge in [0, 0.05) is 50.9 Å². The van der Waals surface area contributed by atoms with Crippen molar-refractivity contribution in [3.8, 4) is 0 Å². The lowest BCUT2D eigenvalue weighted by Crippen LogP contribution is -2.52. The van der Waals surface area contributed by atoms with E-state index in [0.717, 1.165) is 43.9 Å². The number of hydrogen-bond donors (Lipinski definition) is 3. The van der Waals surface area contributed by atoms with Crippen LogP contribution in [-0.2, 0) is 13.0 Å². The highest BCUT2D eigenvalue weighted by molar-refractivity contribution is 5.94. The molecule has 2 aliphatic rings. The largest absolute Gasteiger partial charge is 0.356 e. The number of rotatable bonds is 7. The fraction of sp³-hybridized carbons (Fsp3) is 0.462. The molecular formula is C26H35N5O. The summed E-state index contributed by atoms with van der Waals surface area (Å²) in [5, 5.41) is 9.80. The fourth-order valence-electron chi connectivity index (χ4n) is 5.17. The minimum atomic E-state index is -0.0504. The molecule has 4 rings (SSSR count). The second-order valence-corrected chi connectivity index (χ2v) is 8.88. The second-order valence-electron chi connectivity index (χ2n) is 8.88. The van der Waals surface area contributed by atoms with Crippen molar-refractivity contribution in [3.05, 3.63) is 71.3 Å². The molecule has 2 heterocycles. The predicted molar refractivity (Wildman–Crippen MR) is 130 cm³/mol. The number of guanidine groups is 1. The van der Waals surface area contributed by atoms with Crippen LogP contribution in [0.25, 0.3) is 0 Å². The van der Waals surface area contributed by atoms with Gasteiger partial charge < -0.3 is 16.0 Å². The summed E-state index contributed by atoms with van der Waals surface area (Å²) >= 11 is 0. The Hall–Kier alpha value is -2.86. The Bertz CT molecular complexity index is 915. The number of amides is 1. The number of nitrogens with zero attached hydrogens (tertiary/aromatic N) is 2. The number of piperidine rings is 1. The first-order chi connectivity index (χ1) is 15.7. The minimum Gasteiger partial charge on any atom is -0.356 e. The molecule has 0 saturated carbocycles. The van der Waals surface area contributed by atoms with E-state index in [1.54, 1.807) is 7.05 Å². The summed E-state index contributed by atoms with van der Waals surface area (Å²) in [4.78, 5) is 19.0. The molecule has 2 fully saturated rings. The lowest BCUT2D eigenvalue weighted by Gasteiger charge is -2.39. The number of aliphatic imine (C=N–C) groups is 1. The summed E-state index contributed by atoms with van der Waals surface area (Å²) in [5.74, 6) is 0.818. The van der Waals surface area contributed by atoms with Gasteiger partial charge in [0.1, 0.15) is 0 Å². The molecule has 2 aliphatic heterocycles. The van der Waals surface area contributed by atoms with Gasteiger partial charge in [-0.3, -0.25) is 14.7 Å². The van der Waals surface area contributed by atoms with Crippen LogP contribution in [0.15, 0.2) is 59.6 Å². The first-order valence-corrected chi connectivity index (χ1v) is 11.7. The fourth-order valence-corrected chi connectivity index (χ4v) is 5.17. The van der Waals surface area contributed by atoms with Gasteiger partial charge in [-0.15, -0.1) is 0 Å². The van der Waals surface area contributed by atoms with Crippen molar-refractivity contribution in [3.63, 3.8) is 0 Å². The Balaban J connectivity index is 1.26. The quantitative estimate of drug-likeness (QED) is 0.464. The molecule has 2 saturated heterocycles. The van der Waals surface area contributed by atoms with E-state index in [0.29, 0.717) is 23.7 Å². The van der Waals surface area contributed by atoms with Crippen LogP contribution in [-0.4, -0.2) is 55.5 Å². The number of hydrogen-bond acceptors (Lipinski definition) is 3. The van der Waals surface area contributed by atoms with E-state index in [-0.39, 0.29) is 5.91 Å². The van der Waals surface area contributed by atoms with E-state index in [1.807, 2.05) is 25.2 Å². The van der Waals surface area contributed by atoms with Gasteiger partial charge in [0.05, 0.1) is 0 Å². The Labute approximate surface area is 191 Å². The molecular weight excluding hydrogens is 398 g/mol. The van der Waals surface area contributed by atoms with E-state index in [4.69, 9.17) is 0 Å². The van der Waals surface area contributed by atoms with Gasteiger partial charge in [-0.05, 0) is 55.4 Å². The third-order valence-electron chi connectivity index (χ3n) is 6.78. The highest BCUT2D eigenvalue weighted by Crippen LogP contribution is 2.36. The average molecular weight is 434 g/mol. The van der Waals surface area contributed by atoms with E-state index >= 15 is 0 Å². The number of nitrogens with one attached hydrogen (secondary N) is 3. The number of carbonyl (C=O) groups excluding carboxylic acids is 1. The maximum Gasteiger partial charge on any atom is 0.251 e. The summed E-state index contributed by atoms with van der Waals surface area (Å²) in [6, 6.07) is 20.4. The molecule has 6 heteroatoms. The van der Waals surface area contributed by atoms with Crippen molar-refractivity contribution in [2.75, 3.05) is 20.6 Å². The number of fused-ring (bicyclic) bond motifs is 2. The molecule has 2 aromatic carbocycles. The number of benzene rings is 2. The summed E-state index contributed by atoms with van der Waals surface area (Å²) in [5.41, 5.74) is 3.25. The van der Waals surface area contributed by atoms with E-state index in [2.05, 4.69) is 62.2 Å². The van der Waals surface area contributed by atoms with Crippen LogP contribution in [0.4, 0.5) is 0 Å². The van der Waals surface area contributed by atoms with Gasteiger partial charge >= 0.3 is 0 Å². The molecule has 0 aliphatic carbocycles. The lowest BCUT2D eigenvalue weighted by atomic mass is 9.96. The van der Waals surface area contributed by atoms with Gasteiger partial charge in [-0.25, -0.2) is 0 Å². The van der Waals surface area contributed by atoms with Crippen molar-refractivity contribution in [1.29, 1.82) is 0 Å². The van der Waals surface area contributed by atoms with E-state index in [1.165, 1.54) is 18.4 Å². The van der Waals surface area contributed by atoms with Crippen LogP contribution in [0.1, 0.15) is 47.2 Å². The molecule has 0 aromatic heterocycles. The zero-order valence-corrected chi connectivity index (χ0v) is 19.2. The predicted octanol–water partition coefficient (Wildman–Crippen LogP) is 2.95. The van der Waals surface area contributed by atoms with E-state index in [9.17, 15) is 4.79 Å². The minimum absolute atomic E-state index is 0.0504. The van der Waals surface area contributed by atoms with Crippen molar-refractivity contribution >= 4 is 11.9 Å². The Morgan fingerprint density at radius 3 is 2.44 bits per heavy atom. The van der Waals surface area contributed by atoms with E-state index < -0.39 is 0 Å². The molecule has 2 aromatic rings. The topological polar surface area (TPSA) is 68.8 Å². The smallest absolute Gasteiger partial charge is 0.251 e. The number of carbonyl (C=O) groups is 1. The van der Waals surface area contributed by atoms with Crippen LogP contribution in [0.5, 0.6) is 0 Å². The van der Waals surface area contributed by atoms with Gasteiger partial charge in [-0.2, -0.15) is 0 Å². The van der Waals surface area contributed by atoms with Crippen LogP contribution < -0.4 is 16.0 Å². The Morgan fingerprint density at radius 1 is 1.03 bits per heavy atom. The van der Waals surface area contributed by atoms with Gasteiger partial charge in [0.15, 0.2) is 5.96 Å². The maximum atomic E-state index is 11.8. The average Bonchev–Trinajstić information content (AvgIpc) is 3.05. The second kappa shape index (κ2) is 10.6. The highest BCUT2D eigenvalue weighted by Gasteiger charge is 2.40. The summed E-state index contributed by atoms with van der Waals surface area (Å²) in [7, 11) is 3.49. The standard InChI is InChI=1S/C26H35N5O/c1-27-25(32)21-10-6-9-19(15-21)13-14-29-26(28-2)30-22-16-23-11-12-24(17-22)31(23)18-20-7-4-3-5-8-20/h3-10,15,22-24H,11-14,16-18H2,1-2H3,(H,27,32)(H2,28,29,30). The van der Waals surface area contributed by atoms with Crippen LogP contribution in [0.3, 0.4) is 0 Å². The summed E-state index contributed by atoms with van der Waals surface area (Å²) in [6.07, 6.45) is 5.76. The van der Waals surface area contributed by atoms with Gasteiger partial charge in [0.25, 0.3) is 5.91 Å². The lowest BCUT2D eigenvalue weighted by molar-refractivity contribution is 0.0963. The van der Waals surface area contributed by atoms with Crippen molar-refractivity contribution in [2.45, 2.75) is 56.8 Å². The van der Waals surface area contributed by atoms with Crippen LogP contribution in [0, 0.1) is 0 Å². The van der Waals surface area contributed by atoms with Crippen molar-refractivity contribution in [1.82, 2.24) is 20.9 Å². The monoisotopic (exact) mass is 433 g/mol. The Morgan fingerprint density at radius 2 is 1.75 bits per heavy atom. The Kier molecular flexibility index (Phi) is 7.43. The molecule has 0 spiro atoms. The molecule has 32 heavy (non-hydrogen) atoms. The first-order valence-electron chi connectivity index (χ1n) is 11.7. The highest BCUT2D eigenvalue weighted by atomic mass is 16.1. The molecule has 1 amide bonds. The van der Waals surface area contributed by atoms with Crippen molar-refractivity contribution < 1.29 is 4.79 Å². The molecule has 0 radical (unpaired) electrons. The van der Waals surface area contributed by atoms with Crippen LogP contribution >= 0.6 is 0 Å². The van der Waals surface area contributed by atoms with Gasteiger partial charge in [0.2, 0.25) is 0 Å². The summed E-state index contributed by atoms with van der Waals surface area (Å²) in [6.45, 7) is 1.83. The molecule has 6 nitrogen and oxygen atoms in total. The zero-order chi connectivity index (χ0) is 22.3. The molecule has 2 unspecified atom stereocenters. The molecule has 3 N–H and O–H groups in total. The van der Waals surface area contributed by atoms with Crippen molar-refractivity contribution in [2.24, 2.45) is 4.99 Å². The normalized spacial score (nSPS) is 23.1. The first kappa shape index (κ1) is 22.3. The summed E-state index contributed by atoms with van der Waals surface area (Å²) < 4.78 is 0. The third kappa shape index (κ3) is 5.49. The SMILES string of the molecule is CN=C(NCCc1cccc(C(=O)NC)c1)NC1CC2CCC(C1)N2Cc1ccccc1. The molecule has 2 atom stereocenters. The molecule has 2 bridgehead atoms.